The molecule has 0 fully saturated rings. The Morgan fingerprint density at radius 2 is 2.00 bits per heavy atom. The van der Waals surface area contributed by atoms with Crippen molar-refractivity contribution < 1.29 is 9.47 Å². The largest absolute Gasteiger partial charge is 0.493 e. The molecule has 0 aliphatic heterocycles. The third-order valence-corrected chi connectivity index (χ3v) is 4.69. The second kappa shape index (κ2) is 8.09. The Morgan fingerprint density at radius 3 is 2.68 bits per heavy atom. The van der Waals surface area contributed by atoms with Crippen LogP contribution in [0.3, 0.4) is 0 Å². The van der Waals surface area contributed by atoms with E-state index in [9.17, 15) is 0 Å². The lowest BCUT2D eigenvalue weighted by Crippen LogP contribution is -2.26. The summed E-state index contributed by atoms with van der Waals surface area (Å²) < 4.78 is 10.6. The second-order valence-electron chi connectivity index (χ2n) is 5.42. The quantitative estimate of drug-likeness (QED) is 0.616. The molecule has 0 amide bonds. The zero-order chi connectivity index (χ0) is 17.6. The van der Waals surface area contributed by atoms with E-state index < -0.39 is 0 Å². The highest BCUT2D eigenvalue weighted by molar-refractivity contribution is 7.09. The van der Waals surface area contributed by atoms with Crippen LogP contribution < -0.4 is 9.47 Å². The number of hydrogen-bond acceptors (Lipinski definition) is 7. The number of hydrogen-bond donors (Lipinski definition) is 0. The van der Waals surface area contributed by atoms with Crippen molar-refractivity contribution in [3.05, 3.63) is 40.6 Å². The first kappa shape index (κ1) is 17.4. The fraction of sp³-hybridized carbons (Fsp3) is 0.353. The summed E-state index contributed by atoms with van der Waals surface area (Å²) in [6.07, 6.45) is 0. The van der Waals surface area contributed by atoms with Gasteiger partial charge in [-0.1, -0.05) is 13.0 Å². The molecule has 25 heavy (non-hydrogen) atoms. The van der Waals surface area contributed by atoms with Crippen LogP contribution in [0.25, 0.3) is 11.4 Å². The van der Waals surface area contributed by atoms with E-state index in [1.165, 1.54) is 4.88 Å². The van der Waals surface area contributed by atoms with E-state index in [4.69, 9.17) is 9.47 Å². The third kappa shape index (κ3) is 4.15. The summed E-state index contributed by atoms with van der Waals surface area (Å²) in [6, 6.07) is 9.78. The number of ether oxygens (including phenoxy) is 2. The van der Waals surface area contributed by atoms with Crippen LogP contribution in [0.1, 0.15) is 11.8 Å². The predicted molar refractivity (Wildman–Crippen MR) is 96.8 cm³/mol. The summed E-state index contributed by atoms with van der Waals surface area (Å²) in [4.78, 5) is 5.19. The van der Waals surface area contributed by atoms with Crippen molar-refractivity contribution in [3.63, 3.8) is 0 Å². The molecule has 8 heteroatoms. The third-order valence-electron chi connectivity index (χ3n) is 3.83. The van der Waals surface area contributed by atoms with E-state index >= 15 is 0 Å². The molecule has 2 aromatic heterocycles. The molecule has 7 nitrogen and oxygen atoms in total. The van der Waals surface area contributed by atoms with Crippen molar-refractivity contribution in [1.29, 1.82) is 0 Å². The number of tetrazole rings is 1. The van der Waals surface area contributed by atoms with Crippen LogP contribution in [0.2, 0.25) is 0 Å². The fourth-order valence-electron chi connectivity index (χ4n) is 2.46. The Hall–Kier alpha value is -2.45. The highest BCUT2D eigenvalue weighted by atomic mass is 32.1. The van der Waals surface area contributed by atoms with Gasteiger partial charge in [-0.15, -0.1) is 26.3 Å². The maximum atomic E-state index is 5.33. The molecular formula is C17H21N5O2S. The second-order valence-corrected chi connectivity index (χ2v) is 6.45. The molecule has 0 saturated heterocycles. The van der Waals surface area contributed by atoms with E-state index in [0.717, 1.165) is 18.7 Å². The van der Waals surface area contributed by atoms with Gasteiger partial charge in [0.05, 0.1) is 14.2 Å². The van der Waals surface area contributed by atoms with E-state index in [1.807, 2.05) is 18.2 Å². The normalized spacial score (nSPS) is 11.0. The van der Waals surface area contributed by atoms with Crippen molar-refractivity contribution >= 4 is 11.3 Å². The van der Waals surface area contributed by atoms with Gasteiger partial charge in [-0.05, 0) is 41.4 Å². The van der Waals surface area contributed by atoms with Gasteiger partial charge in [0.1, 0.15) is 6.67 Å². The van der Waals surface area contributed by atoms with Crippen LogP contribution in [0, 0.1) is 0 Å². The van der Waals surface area contributed by atoms with Crippen LogP contribution in [0.15, 0.2) is 35.7 Å². The van der Waals surface area contributed by atoms with E-state index in [1.54, 1.807) is 30.4 Å². The van der Waals surface area contributed by atoms with Crippen LogP contribution in [0.5, 0.6) is 11.5 Å². The number of nitrogens with zero attached hydrogens (tertiary/aromatic N) is 5. The highest BCUT2D eigenvalue weighted by Crippen LogP contribution is 2.30. The van der Waals surface area contributed by atoms with Crippen molar-refractivity contribution in [3.8, 4) is 22.9 Å². The Bertz CT molecular complexity index is 803. The fourth-order valence-corrected chi connectivity index (χ4v) is 3.20. The van der Waals surface area contributed by atoms with Gasteiger partial charge in [0.15, 0.2) is 11.5 Å². The monoisotopic (exact) mass is 359 g/mol. The molecule has 0 bridgehead atoms. The van der Waals surface area contributed by atoms with Gasteiger partial charge in [-0.3, -0.25) is 4.90 Å². The molecule has 0 aliphatic rings. The van der Waals surface area contributed by atoms with E-state index in [-0.39, 0.29) is 0 Å². The number of methoxy groups -OCH3 is 2. The maximum absolute atomic E-state index is 5.33. The molecule has 2 heterocycles. The van der Waals surface area contributed by atoms with Crippen LogP contribution in [-0.2, 0) is 13.2 Å². The van der Waals surface area contributed by atoms with Gasteiger partial charge in [-0.2, -0.15) is 0 Å². The lowest BCUT2D eigenvalue weighted by molar-refractivity contribution is 0.195. The summed E-state index contributed by atoms with van der Waals surface area (Å²) in [5.74, 6) is 1.88. The summed E-state index contributed by atoms with van der Waals surface area (Å²) in [6.45, 7) is 4.50. The smallest absolute Gasteiger partial charge is 0.205 e. The number of benzene rings is 1. The molecule has 0 saturated carbocycles. The lowest BCUT2D eigenvalue weighted by Gasteiger charge is -2.17. The van der Waals surface area contributed by atoms with Crippen LogP contribution in [0.4, 0.5) is 0 Å². The molecule has 0 atom stereocenters. The molecule has 132 valence electrons. The van der Waals surface area contributed by atoms with E-state index in [2.05, 4.69) is 44.7 Å². The molecule has 0 unspecified atom stereocenters. The molecule has 0 radical (unpaired) electrons. The molecule has 3 aromatic rings. The van der Waals surface area contributed by atoms with Crippen LogP contribution in [-0.4, -0.2) is 45.9 Å². The zero-order valence-corrected chi connectivity index (χ0v) is 15.4. The summed E-state index contributed by atoms with van der Waals surface area (Å²) in [7, 11) is 3.22. The minimum Gasteiger partial charge on any atom is -0.493 e. The number of thiophene rings is 1. The van der Waals surface area contributed by atoms with Gasteiger partial charge in [0.2, 0.25) is 5.82 Å². The molecule has 0 N–H and O–H groups in total. The van der Waals surface area contributed by atoms with Gasteiger partial charge < -0.3 is 9.47 Å². The van der Waals surface area contributed by atoms with Crippen molar-refractivity contribution in [2.75, 3.05) is 20.8 Å². The highest BCUT2D eigenvalue weighted by Gasteiger charge is 2.12. The molecular weight excluding hydrogens is 338 g/mol. The summed E-state index contributed by atoms with van der Waals surface area (Å²) >= 11 is 1.75. The number of rotatable bonds is 8. The Labute approximate surface area is 150 Å². The first-order valence-electron chi connectivity index (χ1n) is 7.98. The Morgan fingerprint density at radius 1 is 1.16 bits per heavy atom. The first-order chi connectivity index (χ1) is 12.2. The average Bonchev–Trinajstić information content (AvgIpc) is 3.32. The average molecular weight is 359 g/mol. The van der Waals surface area contributed by atoms with Gasteiger partial charge in [-0.25, -0.2) is 0 Å². The molecule has 3 rings (SSSR count). The lowest BCUT2D eigenvalue weighted by atomic mass is 10.2. The topological polar surface area (TPSA) is 65.3 Å². The maximum Gasteiger partial charge on any atom is 0.205 e. The minimum absolute atomic E-state index is 0.563. The minimum atomic E-state index is 0.563. The molecule has 0 spiro atoms. The van der Waals surface area contributed by atoms with E-state index in [0.29, 0.717) is 24.0 Å². The SMILES string of the molecule is CCN(Cc1cccs1)Cn1nnc(-c2ccc(OC)c(OC)c2)n1. The summed E-state index contributed by atoms with van der Waals surface area (Å²) in [5.41, 5.74) is 0.838. The van der Waals surface area contributed by atoms with Crippen LogP contribution >= 0.6 is 11.3 Å². The predicted octanol–water partition coefficient (Wildman–Crippen LogP) is 2.90. The molecule has 0 aliphatic carbocycles. The van der Waals surface area contributed by atoms with Crippen molar-refractivity contribution in [2.24, 2.45) is 0 Å². The van der Waals surface area contributed by atoms with Gasteiger partial charge in [0, 0.05) is 17.0 Å². The van der Waals surface area contributed by atoms with Gasteiger partial charge in [0.25, 0.3) is 0 Å². The van der Waals surface area contributed by atoms with Gasteiger partial charge >= 0.3 is 0 Å². The first-order valence-corrected chi connectivity index (χ1v) is 8.86. The van der Waals surface area contributed by atoms with Crippen molar-refractivity contribution in [1.82, 2.24) is 25.1 Å². The zero-order valence-electron chi connectivity index (χ0n) is 14.5. The molecule has 1 aromatic carbocycles. The number of aromatic nitrogens is 4. The Balaban J connectivity index is 1.73. The van der Waals surface area contributed by atoms with Crippen molar-refractivity contribution in [2.45, 2.75) is 20.1 Å². The summed E-state index contributed by atoms with van der Waals surface area (Å²) in [5, 5.41) is 14.9. The standard InChI is InChI=1S/C17H21N5O2S/c1-4-21(11-14-6-5-9-25-14)12-22-19-17(18-20-22)13-7-8-15(23-2)16(10-13)24-3/h5-10H,4,11-12H2,1-3H3. The Kier molecular flexibility index (Phi) is 5.62.